The van der Waals surface area contributed by atoms with Gasteiger partial charge in [-0.15, -0.1) is 0 Å². The van der Waals surface area contributed by atoms with E-state index >= 15 is 0 Å². The van der Waals surface area contributed by atoms with Crippen LogP contribution in [0.1, 0.15) is 31.2 Å². The summed E-state index contributed by atoms with van der Waals surface area (Å²) in [5.74, 6) is -0.263. The van der Waals surface area contributed by atoms with Crippen LogP contribution in [0, 0.1) is 19.8 Å². The molecule has 7 heteroatoms. The zero-order valence-electron chi connectivity index (χ0n) is 14.4. The van der Waals surface area contributed by atoms with Crippen molar-refractivity contribution in [3.8, 4) is 0 Å². The van der Waals surface area contributed by atoms with Gasteiger partial charge in [-0.25, -0.2) is 0 Å². The van der Waals surface area contributed by atoms with Gasteiger partial charge < -0.3 is 15.0 Å². The van der Waals surface area contributed by atoms with Gasteiger partial charge in [-0.3, -0.25) is 14.3 Å². The van der Waals surface area contributed by atoms with Gasteiger partial charge in [-0.2, -0.15) is 5.10 Å². The highest BCUT2D eigenvalue weighted by atomic mass is 16.5. The Morgan fingerprint density at radius 2 is 2.17 bits per heavy atom. The van der Waals surface area contributed by atoms with Crippen LogP contribution in [0.3, 0.4) is 0 Å². The smallest absolute Gasteiger partial charge is 0.314 e. The Balaban J connectivity index is 1.91. The van der Waals surface area contributed by atoms with Crippen LogP contribution < -0.4 is 10.2 Å². The number of nitrogens with zero attached hydrogens (tertiary/aromatic N) is 2. The molecule has 0 radical (unpaired) electrons. The molecule has 2 N–H and O–H groups in total. The Labute approximate surface area is 137 Å². The van der Waals surface area contributed by atoms with Crippen LogP contribution in [0.5, 0.6) is 0 Å². The number of nitrogens with one attached hydrogen (secondary N) is 2. The number of amides is 1. The molecule has 0 aromatic carbocycles. The maximum absolute atomic E-state index is 12.3. The van der Waals surface area contributed by atoms with Crippen molar-refractivity contribution in [1.29, 1.82) is 0 Å². The minimum atomic E-state index is -0.135. The number of aryl methyl sites for hydroxylation is 2. The summed E-state index contributed by atoms with van der Waals surface area (Å²) in [6, 6.07) is 0. The fraction of sp³-hybridized carbons (Fsp3) is 0.688. The number of quaternary nitrogens is 1. The van der Waals surface area contributed by atoms with Crippen LogP contribution in [0.4, 0.5) is 5.69 Å². The second kappa shape index (κ2) is 7.59. The minimum absolute atomic E-state index is 0.0382. The molecule has 1 fully saturated rings. The Hall–Kier alpha value is -1.89. The number of anilines is 1. The molecule has 2 heterocycles. The molecule has 0 saturated carbocycles. The fourth-order valence-electron chi connectivity index (χ4n) is 3.14. The van der Waals surface area contributed by atoms with Gasteiger partial charge in [0.05, 0.1) is 36.8 Å². The number of esters is 1. The lowest BCUT2D eigenvalue weighted by Crippen LogP contribution is -3.14. The lowest BCUT2D eigenvalue weighted by Gasteiger charge is -2.28. The Bertz CT molecular complexity index is 582. The molecule has 1 aliphatic heterocycles. The number of hydrogen-bond donors (Lipinski definition) is 2. The highest BCUT2D eigenvalue weighted by Crippen LogP contribution is 2.17. The third-order valence-corrected chi connectivity index (χ3v) is 4.42. The second-order valence-corrected chi connectivity index (χ2v) is 6.19. The largest absolute Gasteiger partial charge is 0.466 e. The first kappa shape index (κ1) is 17.5. The Kier molecular flexibility index (Phi) is 5.76. The SMILES string of the molecule is CCOC(=O)[C@H]1CCC[NH+](CC(=O)Nc2c(C)nn(C)c2C)C1. The molecule has 1 saturated heterocycles. The molecule has 7 nitrogen and oxygen atoms in total. The number of carbonyl (C=O) groups is 2. The van der Waals surface area contributed by atoms with Crippen LogP contribution >= 0.6 is 0 Å². The summed E-state index contributed by atoms with van der Waals surface area (Å²) in [4.78, 5) is 25.3. The van der Waals surface area contributed by atoms with Gasteiger partial charge >= 0.3 is 5.97 Å². The molecular weight excluding hydrogens is 296 g/mol. The normalized spacial score (nSPS) is 21.0. The summed E-state index contributed by atoms with van der Waals surface area (Å²) in [6.07, 6.45) is 1.79. The van der Waals surface area contributed by atoms with Crippen molar-refractivity contribution in [3.05, 3.63) is 11.4 Å². The van der Waals surface area contributed by atoms with Crippen molar-refractivity contribution < 1.29 is 19.2 Å². The van der Waals surface area contributed by atoms with Gasteiger partial charge in [0.2, 0.25) is 0 Å². The van der Waals surface area contributed by atoms with E-state index in [4.69, 9.17) is 4.74 Å². The second-order valence-electron chi connectivity index (χ2n) is 6.19. The van der Waals surface area contributed by atoms with Crippen molar-refractivity contribution in [2.24, 2.45) is 13.0 Å². The first-order valence-corrected chi connectivity index (χ1v) is 8.22. The number of piperidine rings is 1. The van der Waals surface area contributed by atoms with Crippen molar-refractivity contribution in [2.45, 2.75) is 33.6 Å². The number of hydrogen-bond acceptors (Lipinski definition) is 4. The lowest BCUT2D eigenvalue weighted by atomic mass is 9.98. The predicted octanol–water partition coefficient (Wildman–Crippen LogP) is -0.167. The number of likely N-dealkylation sites (tertiary alicyclic amines) is 1. The summed E-state index contributed by atoms with van der Waals surface area (Å²) in [6.45, 7) is 7.98. The number of ether oxygens (including phenoxy) is 1. The summed E-state index contributed by atoms with van der Waals surface area (Å²) >= 11 is 0. The average Bonchev–Trinajstić information content (AvgIpc) is 2.74. The molecule has 128 valence electrons. The number of carbonyl (C=O) groups excluding carboxylic acids is 2. The molecule has 23 heavy (non-hydrogen) atoms. The topological polar surface area (TPSA) is 77.7 Å². The Morgan fingerprint density at radius 3 is 2.78 bits per heavy atom. The van der Waals surface area contributed by atoms with E-state index in [1.165, 1.54) is 0 Å². The van der Waals surface area contributed by atoms with Crippen LogP contribution in [0.25, 0.3) is 0 Å². The summed E-state index contributed by atoms with van der Waals surface area (Å²) in [5.41, 5.74) is 2.54. The fourth-order valence-corrected chi connectivity index (χ4v) is 3.14. The van der Waals surface area contributed by atoms with Crippen molar-refractivity contribution >= 4 is 17.6 Å². The van der Waals surface area contributed by atoms with E-state index in [0.29, 0.717) is 19.7 Å². The van der Waals surface area contributed by atoms with Gasteiger partial charge in [-0.05, 0) is 33.6 Å². The van der Waals surface area contributed by atoms with Crippen LogP contribution in [0.2, 0.25) is 0 Å². The zero-order valence-corrected chi connectivity index (χ0v) is 14.4. The van der Waals surface area contributed by atoms with E-state index in [1.807, 2.05) is 27.8 Å². The molecule has 1 aromatic heterocycles. The van der Waals surface area contributed by atoms with Crippen LogP contribution in [0.15, 0.2) is 0 Å². The number of aromatic nitrogens is 2. The summed E-state index contributed by atoms with van der Waals surface area (Å²) in [5, 5.41) is 7.26. The lowest BCUT2D eigenvalue weighted by molar-refractivity contribution is -0.899. The maximum atomic E-state index is 12.3. The van der Waals surface area contributed by atoms with Gasteiger partial charge in [0.1, 0.15) is 5.92 Å². The maximum Gasteiger partial charge on any atom is 0.314 e. The third-order valence-electron chi connectivity index (χ3n) is 4.42. The van der Waals surface area contributed by atoms with E-state index in [-0.39, 0.29) is 17.8 Å². The quantitative estimate of drug-likeness (QED) is 0.738. The van der Waals surface area contributed by atoms with E-state index in [0.717, 1.165) is 41.4 Å². The molecule has 1 aliphatic rings. The first-order chi connectivity index (χ1) is 10.9. The highest BCUT2D eigenvalue weighted by Gasteiger charge is 2.31. The molecule has 1 aromatic rings. The standard InChI is InChI=1S/C16H26N4O3/c1-5-23-16(22)13-7-6-8-20(9-13)10-14(21)17-15-11(2)18-19(4)12(15)3/h13H,5-10H2,1-4H3,(H,17,21)/p+1/t13-/m0/s1. The molecule has 2 rings (SSSR count). The molecule has 1 amide bonds. The van der Waals surface area contributed by atoms with Gasteiger partial charge in [0.15, 0.2) is 6.54 Å². The minimum Gasteiger partial charge on any atom is -0.466 e. The molecule has 0 spiro atoms. The first-order valence-electron chi connectivity index (χ1n) is 8.22. The van der Waals surface area contributed by atoms with Gasteiger partial charge in [-0.1, -0.05) is 0 Å². The third kappa shape index (κ3) is 4.31. The monoisotopic (exact) mass is 323 g/mol. The molecule has 2 atom stereocenters. The van der Waals surface area contributed by atoms with Crippen molar-refractivity contribution in [2.75, 3.05) is 31.6 Å². The zero-order chi connectivity index (χ0) is 17.0. The van der Waals surface area contributed by atoms with E-state index < -0.39 is 0 Å². The molecular formula is C16H27N4O3+. The van der Waals surface area contributed by atoms with Crippen molar-refractivity contribution in [3.63, 3.8) is 0 Å². The van der Waals surface area contributed by atoms with Crippen LogP contribution in [-0.4, -0.2) is 47.9 Å². The highest BCUT2D eigenvalue weighted by molar-refractivity contribution is 5.92. The predicted molar refractivity (Wildman–Crippen MR) is 86.2 cm³/mol. The average molecular weight is 323 g/mol. The molecule has 0 aliphatic carbocycles. The summed E-state index contributed by atoms with van der Waals surface area (Å²) in [7, 11) is 1.86. The summed E-state index contributed by atoms with van der Waals surface area (Å²) < 4.78 is 6.86. The van der Waals surface area contributed by atoms with E-state index in [1.54, 1.807) is 4.68 Å². The van der Waals surface area contributed by atoms with Gasteiger partial charge in [0, 0.05) is 7.05 Å². The number of rotatable bonds is 5. The van der Waals surface area contributed by atoms with E-state index in [9.17, 15) is 9.59 Å². The molecule has 1 unspecified atom stereocenters. The Morgan fingerprint density at radius 1 is 1.43 bits per heavy atom. The van der Waals surface area contributed by atoms with E-state index in [2.05, 4.69) is 10.4 Å². The van der Waals surface area contributed by atoms with Crippen molar-refractivity contribution in [1.82, 2.24) is 9.78 Å². The molecule has 0 bridgehead atoms. The van der Waals surface area contributed by atoms with Crippen LogP contribution in [-0.2, 0) is 21.4 Å². The van der Waals surface area contributed by atoms with Gasteiger partial charge in [0.25, 0.3) is 5.91 Å².